The van der Waals surface area contributed by atoms with Crippen molar-refractivity contribution in [3.05, 3.63) is 111 Å². The largest absolute Gasteiger partial charge is 0.748 e. The predicted octanol–water partition coefficient (Wildman–Crippen LogP) is 12.2. The van der Waals surface area contributed by atoms with Crippen LogP contribution in [0.1, 0.15) is 136 Å². The van der Waals surface area contributed by atoms with Crippen LogP contribution in [0, 0.1) is 0 Å². The van der Waals surface area contributed by atoms with E-state index in [1.807, 2.05) is 35.8 Å². The number of fused-ring (bicyclic) bond motifs is 9. The molecule has 3 aromatic heterocycles. The number of unbranched alkanes of at least 4 members (excludes halogenated alkanes) is 1. The van der Waals surface area contributed by atoms with Crippen molar-refractivity contribution >= 4 is 138 Å². The SMILES string of the molecule is CCCC[N+]1=C(C)C(C)(C)c2ccc3sccc3c21.CCCN1/C(=C/C=C/C2=[N+](CCCS(=O)(=O)[O-])c3c(ccc4sccc34)C2(C)C)C(C)(C)c2cc(C(=O)O)c3sccc3c21.CCOC(C)OC(C)=O.CF.O=C=O.O=C=O.O=S(=O)=O. The van der Waals surface area contributed by atoms with Crippen LogP contribution < -0.4 is 4.90 Å². The fraction of sp³-hybridized carbons (Fsp3) is 0.433. The van der Waals surface area contributed by atoms with Crippen molar-refractivity contribution in [1.29, 1.82) is 0 Å². The lowest BCUT2D eigenvalue weighted by Crippen LogP contribution is -2.28. The fourth-order valence-corrected chi connectivity index (χ4v) is 13.6. The number of benzene rings is 3. The van der Waals surface area contributed by atoms with Gasteiger partial charge in [0.15, 0.2) is 17.7 Å². The minimum Gasteiger partial charge on any atom is -0.748 e. The highest BCUT2D eigenvalue weighted by Crippen LogP contribution is 2.53. The van der Waals surface area contributed by atoms with Gasteiger partial charge in [-0.25, -0.2) is 13.2 Å². The van der Waals surface area contributed by atoms with Crippen LogP contribution in [-0.4, -0.2) is 121 Å². The summed E-state index contributed by atoms with van der Waals surface area (Å²) in [5.41, 5.74) is 10.6. The molecule has 1 unspecified atom stereocenters. The second-order valence-corrected chi connectivity index (χ2v) is 25.3. The van der Waals surface area contributed by atoms with Gasteiger partial charge in [-0.2, -0.15) is 28.3 Å². The van der Waals surface area contributed by atoms with Crippen LogP contribution in [0.2, 0.25) is 0 Å². The monoisotopic (exact) mass is 1250 g/mol. The summed E-state index contributed by atoms with van der Waals surface area (Å²) >= 11 is 4.98. The van der Waals surface area contributed by atoms with E-state index in [-0.39, 0.29) is 35.5 Å². The summed E-state index contributed by atoms with van der Waals surface area (Å²) in [7, 11) is -6.93. The van der Waals surface area contributed by atoms with Crippen LogP contribution in [0.5, 0.6) is 0 Å². The molecule has 84 heavy (non-hydrogen) atoms. The number of nitrogens with zero attached hydrogens (tertiary/aromatic N) is 3. The Balaban J connectivity index is 0.000000377. The van der Waals surface area contributed by atoms with Gasteiger partial charge in [0.05, 0.1) is 54.8 Å². The lowest BCUT2D eigenvalue weighted by atomic mass is 9.80. The minimum atomic E-state index is -4.32. The van der Waals surface area contributed by atoms with Gasteiger partial charge >= 0.3 is 34.9 Å². The first-order valence-electron chi connectivity index (χ1n) is 26.6. The summed E-state index contributed by atoms with van der Waals surface area (Å²) in [4.78, 5) is 57.3. The lowest BCUT2D eigenvalue weighted by Gasteiger charge is -2.26. The van der Waals surface area contributed by atoms with Gasteiger partial charge in [0.25, 0.3) is 0 Å². The molecule has 454 valence electrons. The standard InChI is InChI=1S/C34H36N2O5S3.C17H22NS.C6H12O3.CH3F.2CO2.O3S/c1-6-15-35-28(34(4,5)25-20-23(32(37)38)31-22(30(25)35)14-18-43-31)10-7-9-27-33(2,3)24-11-12-26-21(13-17-42-26)29(24)36(27)16-8-19-44(39,40)41;1-5-6-10-18-12(2)17(3,4)14-7-8-15-13(16(14)18)9-11-19-15;1-4-8-6(3)9-5(2)7;1-2;2*2-1-3;1-4(2)3/h7,9-14,17-18,20H,6,8,15-16,19H2,1-5H3,(H-,37,38,39,40,41);7-9,11H,5-6,10H2,1-4H3;6H,4H2,1-3H3;1H3;;;/q;+1;;;;;. The van der Waals surface area contributed by atoms with E-state index in [1.54, 1.807) is 18.3 Å². The summed E-state index contributed by atoms with van der Waals surface area (Å²) in [6, 6.07) is 17.2. The molecule has 3 aliphatic rings. The van der Waals surface area contributed by atoms with Gasteiger partial charge < -0.3 is 24.0 Å². The van der Waals surface area contributed by atoms with Gasteiger partial charge in [0.1, 0.15) is 13.1 Å². The summed E-state index contributed by atoms with van der Waals surface area (Å²) in [6.07, 6.45) is 10.1. The Kier molecular flexibility index (Phi) is 27.2. The van der Waals surface area contributed by atoms with Crippen molar-refractivity contribution < 1.29 is 82.5 Å². The molecule has 9 rings (SSSR count). The molecule has 6 heterocycles. The molecule has 0 aliphatic carbocycles. The number of carbonyl (C=O) groups excluding carboxylic acids is 5. The van der Waals surface area contributed by atoms with E-state index in [0.29, 0.717) is 25.9 Å². The smallest absolute Gasteiger partial charge is 0.425 e. The average molecular weight is 1260 g/mol. The Bertz CT molecular complexity index is 3730. The van der Waals surface area contributed by atoms with Crippen molar-refractivity contribution in [3.8, 4) is 0 Å². The quantitative estimate of drug-likeness (QED) is 0.0434. The normalized spacial score (nSPS) is 15.4. The van der Waals surface area contributed by atoms with Crippen molar-refractivity contribution in [2.45, 2.75) is 131 Å². The molecule has 0 saturated carbocycles. The van der Waals surface area contributed by atoms with Gasteiger partial charge in [-0.15, -0.1) is 46.6 Å². The Labute approximate surface area is 503 Å². The number of carboxylic acids is 1. The number of carboxylic acid groups (broad SMARTS) is 1. The third-order valence-corrected chi connectivity index (χ3v) is 17.9. The third-order valence-electron chi connectivity index (χ3n) is 14.4. The summed E-state index contributed by atoms with van der Waals surface area (Å²) in [5, 5.41) is 19.8. The Morgan fingerprint density at radius 1 is 0.774 bits per heavy atom. The van der Waals surface area contributed by atoms with E-state index in [0.717, 1.165) is 68.0 Å². The number of rotatable bonds is 15. The number of halogens is 1. The van der Waals surface area contributed by atoms with Gasteiger partial charge in [-0.05, 0) is 124 Å². The van der Waals surface area contributed by atoms with Crippen molar-refractivity contribution in [2.24, 2.45) is 0 Å². The number of hydrogen-bond donors (Lipinski definition) is 1. The average Bonchev–Trinajstić information content (AvgIpc) is 1.74. The molecule has 3 aromatic carbocycles. The number of anilines is 1. The molecule has 0 radical (unpaired) electrons. The molecule has 0 fully saturated rings. The highest BCUT2D eigenvalue weighted by atomic mass is 32.2. The van der Waals surface area contributed by atoms with E-state index >= 15 is 0 Å². The molecule has 0 spiro atoms. The zero-order valence-electron chi connectivity index (χ0n) is 49.4. The molecule has 18 nitrogen and oxygen atoms in total. The number of carbonyl (C=O) groups is 2. The Morgan fingerprint density at radius 2 is 1.27 bits per heavy atom. The molecule has 3 aliphatic heterocycles. The Hall–Kier alpha value is -6.72. The predicted molar refractivity (Wildman–Crippen MR) is 325 cm³/mol. The number of thiophene rings is 3. The number of esters is 1. The molecule has 0 saturated heterocycles. The zero-order chi connectivity index (χ0) is 63.5. The molecule has 1 atom stereocenters. The van der Waals surface area contributed by atoms with Crippen LogP contribution in [0.25, 0.3) is 30.3 Å². The van der Waals surface area contributed by atoms with Crippen molar-refractivity contribution in [3.63, 3.8) is 0 Å². The third kappa shape index (κ3) is 17.0. The van der Waals surface area contributed by atoms with Gasteiger partial charge in [0.2, 0.25) is 11.4 Å². The molecular formula is C60H73FN3O15S5+. The van der Waals surface area contributed by atoms with Crippen LogP contribution in [0.15, 0.2) is 88.6 Å². The molecule has 0 bridgehead atoms. The van der Waals surface area contributed by atoms with Crippen LogP contribution in [-0.2, 0) is 70.4 Å². The second-order valence-electron chi connectivity index (χ2n) is 20.6. The van der Waals surface area contributed by atoms with Crippen LogP contribution in [0.3, 0.4) is 0 Å². The first-order chi connectivity index (χ1) is 39.6. The van der Waals surface area contributed by atoms with Gasteiger partial charge in [0, 0.05) is 88.7 Å². The zero-order valence-corrected chi connectivity index (χ0v) is 53.5. The van der Waals surface area contributed by atoms with Crippen molar-refractivity contribution in [2.75, 3.05) is 44.1 Å². The Morgan fingerprint density at radius 3 is 1.76 bits per heavy atom. The molecule has 24 heteroatoms. The molecular weight excluding hydrogens is 1180 g/mol. The minimum absolute atomic E-state index is 0.166. The van der Waals surface area contributed by atoms with E-state index < -0.39 is 44.2 Å². The maximum atomic E-state index is 12.2. The van der Waals surface area contributed by atoms with Crippen LogP contribution >= 0.6 is 34.0 Å². The van der Waals surface area contributed by atoms with Crippen molar-refractivity contribution in [1.82, 2.24) is 0 Å². The number of hydrogen-bond acceptors (Lipinski definition) is 18. The first-order valence-corrected chi connectivity index (χ1v) is 31.9. The number of aromatic carboxylic acids is 1. The van der Waals surface area contributed by atoms with E-state index in [4.69, 9.17) is 36.5 Å². The fourth-order valence-electron chi connectivity index (χ4n) is 10.6. The highest BCUT2D eigenvalue weighted by Gasteiger charge is 2.47. The molecule has 1 N–H and O–H groups in total. The second kappa shape index (κ2) is 32.0. The number of ether oxygens (including phenoxy) is 2. The van der Waals surface area contributed by atoms with E-state index in [9.17, 15) is 32.1 Å². The summed E-state index contributed by atoms with van der Waals surface area (Å²) < 4.78 is 86.9. The van der Waals surface area contributed by atoms with Gasteiger partial charge in [-0.3, -0.25) is 9.18 Å². The topological polar surface area (TPSA) is 259 Å². The first kappa shape index (κ1) is 71.5. The van der Waals surface area contributed by atoms with E-state index in [1.165, 1.54) is 63.7 Å². The summed E-state index contributed by atoms with van der Waals surface area (Å²) in [5.74, 6) is -1.64. The maximum Gasteiger partial charge on any atom is 0.425 e. The molecule has 0 amide bonds. The number of allylic oxidation sites excluding steroid dienone is 4. The summed E-state index contributed by atoms with van der Waals surface area (Å²) in [6.45, 7) is 27.9. The molecule has 6 aromatic rings. The van der Waals surface area contributed by atoms with Gasteiger partial charge in [-0.1, -0.05) is 40.2 Å². The maximum absolute atomic E-state index is 12.2. The van der Waals surface area contributed by atoms with E-state index in [2.05, 4.69) is 146 Å². The van der Waals surface area contributed by atoms with Crippen LogP contribution in [0.4, 0.5) is 21.5 Å². The lowest BCUT2D eigenvalue weighted by molar-refractivity contribution is -0.438. The number of alkyl halides is 1. The highest BCUT2D eigenvalue weighted by molar-refractivity contribution is 7.85.